The zero-order valence-electron chi connectivity index (χ0n) is 21.2. The Kier molecular flexibility index (Phi) is 6.14. The fraction of sp³-hybridized carbons (Fsp3) is 0.357. The van der Waals surface area contributed by atoms with Crippen LogP contribution in [0, 0.1) is 23.7 Å². The van der Waals surface area contributed by atoms with Gasteiger partial charge in [-0.15, -0.1) is 0 Å². The number of Topliss-reactive ketones (excluding diaryl/α,β-unsaturated/α-hetero) is 4. The number of nitrogens with one attached hydrogen (secondary N) is 1. The van der Waals surface area contributed by atoms with Gasteiger partial charge in [0, 0.05) is 31.3 Å². The Bertz CT molecular complexity index is 1450. The van der Waals surface area contributed by atoms with Crippen LogP contribution >= 0.6 is 0 Å². The standard InChI is InChI=1S/C28H27N3O8/c1-31(2)16-8-9-17(32)19-14(16)10-13-11-15-21(30-27(38)12-6-4-3-5-7-12)23(34)20(26(29)37)25(36)28(15,39)24(35)18(13)22(19)33/h3-9,13,15,18,20-21,32,39H,10-11H2,1-2H3,(H2,29,37)(H,30,38)/t13-,15-,18?,20?,21?,28-/m0/s1. The van der Waals surface area contributed by atoms with Crippen LogP contribution in [0.1, 0.15) is 32.7 Å². The van der Waals surface area contributed by atoms with Gasteiger partial charge in [0.25, 0.3) is 5.91 Å². The highest BCUT2D eigenvalue weighted by molar-refractivity contribution is 6.32. The molecule has 202 valence electrons. The lowest BCUT2D eigenvalue weighted by molar-refractivity contribution is -0.178. The number of ketones is 4. The molecule has 0 bridgehead atoms. The molecule has 11 heteroatoms. The van der Waals surface area contributed by atoms with E-state index >= 15 is 0 Å². The summed E-state index contributed by atoms with van der Waals surface area (Å²) in [7, 11) is 3.51. The minimum absolute atomic E-state index is 0.0717. The van der Waals surface area contributed by atoms with Crippen LogP contribution in [0.25, 0.3) is 0 Å². The van der Waals surface area contributed by atoms with Crippen LogP contribution in [0.2, 0.25) is 0 Å². The Hall–Kier alpha value is -4.38. The molecule has 6 atom stereocenters. The highest BCUT2D eigenvalue weighted by Gasteiger charge is 2.69. The number of hydrogen-bond acceptors (Lipinski definition) is 9. The SMILES string of the molecule is CN(C)c1ccc(O)c2c1C[C@H]1C[C@H]3C(NC(=O)c4ccccc4)C(=O)C(C(N)=O)C(=O)[C@@]3(O)C(=O)C1C2=O. The molecule has 0 aliphatic heterocycles. The quantitative estimate of drug-likeness (QED) is 0.387. The monoisotopic (exact) mass is 533 g/mol. The van der Waals surface area contributed by atoms with Gasteiger partial charge < -0.3 is 26.2 Å². The molecule has 39 heavy (non-hydrogen) atoms. The fourth-order valence-electron chi connectivity index (χ4n) is 6.41. The lowest BCUT2D eigenvalue weighted by Crippen LogP contribution is -2.74. The van der Waals surface area contributed by atoms with E-state index in [2.05, 4.69) is 5.32 Å². The van der Waals surface area contributed by atoms with E-state index in [1.54, 1.807) is 43.3 Å². The smallest absolute Gasteiger partial charge is 0.251 e. The molecule has 2 fully saturated rings. The molecule has 0 aromatic heterocycles. The number of aliphatic hydroxyl groups is 1. The van der Waals surface area contributed by atoms with Gasteiger partial charge >= 0.3 is 0 Å². The Labute approximate surface area is 223 Å². The van der Waals surface area contributed by atoms with Crippen molar-refractivity contribution >= 4 is 40.6 Å². The molecule has 2 saturated carbocycles. The molecule has 0 saturated heterocycles. The first-order chi connectivity index (χ1) is 18.4. The number of carbonyl (C=O) groups is 6. The Morgan fingerprint density at radius 1 is 1.03 bits per heavy atom. The van der Waals surface area contributed by atoms with Crippen molar-refractivity contribution in [3.63, 3.8) is 0 Å². The molecule has 3 aliphatic carbocycles. The maximum atomic E-state index is 13.9. The van der Waals surface area contributed by atoms with E-state index in [0.29, 0.717) is 11.3 Å². The summed E-state index contributed by atoms with van der Waals surface area (Å²) in [5.41, 5.74) is 3.66. The second-order valence-corrected chi connectivity index (χ2v) is 10.5. The normalized spacial score (nSPS) is 29.7. The molecule has 0 spiro atoms. The van der Waals surface area contributed by atoms with Crippen molar-refractivity contribution in [3.05, 3.63) is 59.2 Å². The van der Waals surface area contributed by atoms with Crippen molar-refractivity contribution in [2.45, 2.75) is 24.5 Å². The molecule has 5 rings (SSSR count). The van der Waals surface area contributed by atoms with Crippen LogP contribution < -0.4 is 16.0 Å². The summed E-state index contributed by atoms with van der Waals surface area (Å²) in [4.78, 5) is 81.3. The minimum Gasteiger partial charge on any atom is -0.507 e. The molecule has 2 aromatic carbocycles. The molecule has 11 nitrogen and oxygen atoms in total. The number of nitrogens with zero attached hydrogens (tertiary/aromatic N) is 1. The van der Waals surface area contributed by atoms with E-state index in [0.717, 1.165) is 0 Å². The largest absolute Gasteiger partial charge is 0.507 e. The molecular weight excluding hydrogens is 506 g/mol. The summed E-state index contributed by atoms with van der Waals surface area (Å²) in [5, 5.41) is 24.7. The van der Waals surface area contributed by atoms with Gasteiger partial charge in [0.15, 0.2) is 34.7 Å². The number of primary amides is 1. The Balaban J connectivity index is 1.62. The van der Waals surface area contributed by atoms with Crippen molar-refractivity contribution in [2.75, 3.05) is 19.0 Å². The van der Waals surface area contributed by atoms with Gasteiger partial charge in [-0.1, -0.05) is 18.2 Å². The van der Waals surface area contributed by atoms with Gasteiger partial charge in [0.05, 0.1) is 17.5 Å². The van der Waals surface area contributed by atoms with Gasteiger partial charge in [-0.25, -0.2) is 0 Å². The predicted molar refractivity (Wildman–Crippen MR) is 136 cm³/mol. The lowest BCUT2D eigenvalue weighted by Gasteiger charge is -2.51. The second kappa shape index (κ2) is 9.12. The number of phenols is 1. The third-order valence-electron chi connectivity index (χ3n) is 8.20. The number of phenolic OH excluding ortho intramolecular Hbond substituents is 1. The molecule has 3 unspecified atom stereocenters. The molecule has 2 aromatic rings. The molecule has 2 amide bonds. The third kappa shape index (κ3) is 3.75. The summed E-state index contributed by atoms with van der Waals surface area (Å²) in [6, 6.07) is 9.22. The number of nitrogens with two attached hydrogens (primary N) is 1. The summed E-state index contributed by atoms with van der Waals surface area (Å²) < 4.78 is 0. The number of carbonyl (C=O) groups excluding carboxylic acids is 6. The van der Waals surface area contributed by atoms with E-state index in [1.165, 1.54) is 18.2 Å². The van der Waals surface area contributed by atoms with Crippen LogP contribution in [0.15, 0.2) is 42.5 Å². The first-order valence-electron chi connectivity index (χ1n) is 12.5. The molecule has 0 radical (unpaired) electrons. The van der Waals surface area contributed by atoms with Crippen molar-refractivity contribution in [1.29, 1.82) is 0 Å². The lowest BCUT2D eigenvalue weighted by atomic mass is 9.52. The highest BCUT2D eigenvalue weighted by Crippen LogP contribution is 2.51. The molecule has 3 aliphatic rings. The van der Waals surface area contributed by atoms with Crippen molar-refractivity contribution in [1.82, 2.24) is 5.32 Å². The third-order valence-corrected chi connectivity index (χ3v) is 8.20. The number of hydrogen-bond donors (Lipinski definition) is 4. The van der Waals surface area contributed by atoms with E-state index in [-0.39, 0.29) is 29.7 Å². The number of benzene rings is 2. The average Bonchev–Trinajstić information content (AvgIpc) is 2.88. The van der Waals surface area contributed by atoms with Crippen LogP contribution in [-0.4, -0.2) is 70.9 Å². The number of fused-ring (bicyclic) bond motifs is 3. The fourth-order valence-corrected chi connectivity index (χ4v) is 6.41. The van der Waals surface area contributed by atoms with E-state index in [1.807, 2.05) is 0 Å². The van der Waals surface area contributed by atoms with Gasteiger partial charge in [-0.2, -0.15) is 0 Å². The summed E-state index contributed by atoms with van der Waals surface area (Å²) in [6.07, 6.45) is -0.0315. The maximum Gasteiger partial charge on any atom is 0.251 e. The Morgan fingerprint density at radius 2 is 1.69 bits per heavy atom. The number of anilines is 1. The first kappa shape index (κ1) is 26.2. The van der Waals surface area contributed by atoms with Gasteiger partial charge in [0.1, 0.15) is 5.75 Å². The summed E-state index contributed by atoms with van der Waals surface area (Å²) in [5.74, 6) is -12.7. The van der Waals surface area contributed by atoms with Gasteiger partial charge in [0.2, 0.25) is 5.91 Å². The summed E-state index contributed by atoms with van der Waals surface area (Å²) in [6.45, 7) is 0. The van der Waals surface area contributed by atoms with Crippen molar-refractivity contribution < 1.29 is 39.0 Å². The topological polar surface area (TPSA) is 184 Å². The number of rotatable bonds is 4. The minimum atomic E-state index is -2.93. The van der Waals surface area contributed by atoms with Crippen molar-refractivity contribution in [3.8, 4) is 5.75 Å². The van der Waals surface area contributed by atoms with Crippen LogP contribution in [0.5, 0.6) is 5.75 Å². The zero-order valence-corrected chi connectivity index (χ0v) is 21.2. The summed E-state index contributed by atoms with van der Waals surface area (Å²) >= 11 is 0. The second-order valence-electron chi connectivity index (χ2n) is 10.5. The maximum absolute atomic E-state index is 13.9. The van der Waals surface area contributed by atoms with E-state index in [9.17, 15) is 39.0 Å². The molecule has 5 N–H and O–H groups in total. The van der Waals surface area contributed by atoms with Crippen molar-refractivity contribution in [2.24, 2.45) is 29.4 Å². The zero-order chi connectivity index (χ0) is 28.4. The van der Waals surface area contributed by atoms with Gasteiger partial charge in [-0.05, 0) is 48.6 Å². The molecular formula is C28H27N3O8. The number of aromatic hydroxyl groups is 1. The van der Waals surface area contributed by atoms with Gasteiger partial charge in [-0.3, -0.25) is 28.8 Å². The highest BCUT2D eigenvalue weighted by atomic mass is 16.3. The van der Waals surface area contributed by atoms with E-state index in [4.69, 9.17) is 5.73 Å². The van der Waals surface area contributed by atoms with E-state index < -0.39 is 70.3 Å². The van der Waals surface area contributed by atoms with Crippen LogP contribution in [-0.2, 0) is 25.6 Å². The van der Waals surface area contributed by atoms with Crippen LogP contribution in [0.3, 0.4) is 0 Å². The predicted octanol–water partition coefficient (Wildman–Crippen LogP) is -0.199. The Morgan fingerprint density at radius 3 is 2.31 bits per heavy atom. The number of amides is 2. The molecule has 0 heterocycles. The van der Waals surface area contributed by atoms with Crippen LogP contribution in [0.4, 0.5) is 5.69 Å². The first-order valence-corrected chi connectivity index (χ1v) is 12.5. The average molecular weight is 534 g/mol.